The van der Waals surface area contributed by atoms with Crippen molar-refractivity contribution in [2.75, 3.05) is 7.05 Å². The van der Waals surface area contributed by atoms with E-state index in [9.17, 15) is 4.79 Å². The van der Waals surface area contributed by atoms with Crippen molar-refractivity contribution < 1.29 is 4.79 Å². The van der Waals surface area contributed by atoms with Gasteiger partial charge in [-0.1, -0.05) is 32.9 Å². The van der Waals surface area contributed by atoms with E-state index < -0.39 is 0 Å². The van der Waals surface area contributed by atoms with Crippen molar-refractivity contribution in [3.8, 4) is 0 Å². The zero-order valence-electron chi connectivity index (χ0n) is 13.4. The number of amides is 1. The van der Waals surface area contributed by atoms with E-state index in [1.54, 1.807) is 0 Å². The van der Waals surface area contributed by atoms with Crippen LogP contribution in [0.3, 0.4) is 0 Å². The third-order valence-corrected chi connectivity index (χ3v) is 4.78. The third kappa shape index (κ3) is 2.76. The second-order valence-corrected chi connectivity index (χ2v) is 7.61. The van der Waals surface area contributed by atoms with Crippen LogP contribution in [0.5, 0.6) is 0 Å². The normalized spacial score (nSPS) is 27.3. The lowest BCUT2D eigenvalue weighted by molar-refractivity contribution is -0.135. The van der Waals surface area contributed by atoms with E-state index in [4.69, 9.17) is 0 Å². The first kappa shape index (κ1) is 14.4. The van der Waals surface area contributed by atoms with Gasteiger partial charge in [0.25, 0.3) is 0 Å². The molecule has 3 rings (SSSR count). The molecule has 1 amide bonds. The molecule has 0 saturated heterocycles. The smallest absolute Gasteiger partial charge is 0.226 e. The molecule has 1 fully saturated rings. The molecule has 4 heteroatoms. The Balaban J connectivity index is 1.63. The molecule has 1 aromatic heterocycles. The fourth-order valence-corrected chi connectivity index (χ4v) is 3.51. The van der Waals surface area contributed by atoms with Crippen LogP contribution < -0.4 is 0 Å². The van der Waals surface area contributed by atoms with Gasteiger partial charge in [-0.2, -0.15) is 5.10 Å². The Kier molecular flexibility index (Phi) is 3.42. The molecule has 3 atom stereocenters. The lowest BCUT2D eigenvalue weighted by Gasteiger charge is -2.24. The molecule has 2 bridgehead atoms. The highest BCUT2D eigenvalue weighted by molar-refractivity contribution is 5.79. The maximum Gasteiger partial charge on any atom is 0.226 e. The van der Waals surface area contributed by atoms with E-state index in [2.05, 4.69) is 49.2 Å². The SMILES string of the molecule is CN(Cc1cc(C(C)(C)C)n[nH]1)C(=O)[C@@H]1C[C@@H]2C=C[C@H]1C2. The first-order valence-electron chi connectivity index (χ1n) is 7.82. The van der Waals surface area contributed by atoms with E-state index in [0.29, 0.717) is 18.4 Å². The summed E-state index contributed by atoms with van der Waals surface area (Å²) >= 11 is 0. The van der Waals surface area contributed by atoms with Crippen LogP contribution >= 0.6 is 0 Å². The van der Waals surface area contributed by atoms with Gasteiger partial charge in [0.15, 0.2) is 0 Å². The number of fused-ring (bicyclic) bond motifs is 2. The number of nitrogens with one attached hydrogen (secondary N) is 1. The van der Waals surface area contributed by atoms with Crippen molar-refractivity contribution in [3.63, 3.8) is 0 Å². The summed E-state index contributed by atoms with van der Waals surface area (Å²) in [4.78, 5) is 14.4. The molecular weight excluding hydrogens is 262 g/mol. The highest BCUT2D eigenvalue weighted by Crippen LogP contribution is 2.44. The fourth-order valence-electron chi connectivity index (χ4n) is 3.51. The topological polar surface area (TPSA) is 49.0 Å². The molecule has 0 aromatic carbocycles. The van der Waals surface area contributed by atoms with Crippen LogP contribution in [0, 0.1) is 17.8 Å². The predicted molar refractivity (Wildman–Crippen MR) is 82.6 cm³/mol. The Hall–Kier alpha value is -1.58. The number of allylic oxidation sites excluding steroid dienone is 2. The van der Waals surface area contributed by atoms with Crippen molar-refractivity contribution in [1.29, 1.82) is 0 Å². The average molecular weight is 287 g/mol. The van der Waals surface area contributed by atoms with Gasteiger partial charge in [-0.05, 0) is 30.7 Å². The monoisotopic (exact) mass is 287 g/mol. The first-order chi connectivity index (χ1) is 9.84. The molecule has 4 nitrogen and oxygen atoms in total. The van der Waals surface area contributed by atoms with Crippen molar-refractivity contribution in [1.82, 2.24) is 15.1 Å². The van der Waals surface area contributed by atoms with Gasteiger partial charge >= 0.3 is 0 Å². The quantitative estimate of drug-likeness (QED) is 0.869. The molecular formula is C17H25N3O. The molecule has 1 saturated carbocycles. The maximum atomic E-state index is 12.6. The lowest BCUT2D eigenvalue weighted by atomic mass is 9.92. The Morgan fingerprint density at radius 2 is 2.14 bits per heavy atom. The third-order valence-electron chi connectivity index (χ3n) is 4.78. The van der Waals surface area contributed by atoms with Gasteiger partial charge in [0.05, 0.1) is 17.9 Å². The number of aromatic amines is 1. The highest BCUT2D eigenvalue weighted by Gasteiger charge is 2.40. The van der Waals surface area contributed by atoms with Crippen molar-refractivity contribution in [2.24, 2.45) is 17.8 Å². The summed E-state index contributed by atoms with van der Waals surface area (Å²) in [5.74, 6) is 1.57. The molecule has 21 heavy (non-hydrogen) atoms. The van der Waals surface area contributed by atoms with Crippen LogP contribution in [-0.4, -0.2) is 28.1 Å². The van der Waals surface area contributed by atoms with E-state index in [1.165, 1.54) is 6.42 Å². The van der Waals surface area contributed by atoms with Crippen LogP contribution in [0.15, 0.2) is 18.2 Å². The van der Waals surface area contributed by atoms with E-state index in [-0.39, 0.29) is 17.2 Å². The second kappa shape index (κ2) is 5.00. The van der Waals surface area contributed by atoms with Crippen LogP contribution in [-0.2, 0) is 16.8 Å². The summed E-state index contributed by atoms with van der Waals surface area (Å²) in [6, 6.07) is 2.07. The molecule has 1 N–H and O–H groups in total. The largest absolute Gasteiger partial charge is 0.340 e. The van der Waals surface area contributed by atoms with Crippen LogP contribution in [0.2, 0.25) is 0 Å². The minimum atomic E-state index is 0.0345. The van der Waals surface area contributed by atoms with Gasteiger partial charge < -0.3 is 4.90 Å². The summed E-state index contributed by atoms with van der Waals surface area (Å²) in [5.41, 5.74) is 2.09. The molecule has 0 unspecified atom stereocenters. The van der Waals surface area contributed by atoms with Crippen LogP contribution in [0.1, 0.15) is 45.0 Å². The van der Waals surface area contributed by atoms with Crippen LogP contribution in [0.25, 0.3) is 0 Å². The zero-order chi connectivity index (χ0) is 15.2. The van der Waals surface area contributed by atoms with Crippen LogP contribution in [0.4, 0.5) is 0 Å². The molecule has 114 valence electrons. The van der Waals surface area contributed by atoms with Gasteiger partial charge in [-0.15, -0.1) is 0 Å². The number of nitrogens with zero attached hydrogens (tertiary/aromatic N) is 2. The summed E-state index contributed by atoms with van der Waals surface area (Å²) in [7, 11) is 1.90. The number of hydrogen-bond donors (Lipinski definition) is 1. The summed E-state index contributed by atoms with van der Waals surface area (Å²) in [5, 5.41) is 7.43. The minimum absolute atomic E-state index is 0.0345. The minimum Gasteiger partial charge on any atom is -0.340 e. The molecule has 2 aliphatic rings. The second-order valence-electron chi connectivity index (χ2n) is 7.61. The molecule has 1 aromatic rings. The molecule has 2 aliphatic carbocycles. The molecule has 0 radical (unpaired) electrons. The number of rotatable bonds is 3. The van der Waals surface area contributed by atoms with Gasteiger partial charge in [0, 0.05) is 18.4 Å². The van der Waals surface area contributed by atoms with E-state index >= 15 is 0 Å². The number of aromatic nitrogens is 2. The fraction of sp³-hybridized carbons (Fsp3) is 0.647. The average Bonchev–Trinajstić information content (AvgIpc) is 3.12. The standard InChI is InChI=1S/C17H25N3O/c1-17(2,3)15-9-13(18-19-15)10-20(4)16(21)14-8-11-5-6-12(14)7-11/h5-6,9,11-12,14H,7-8,10H2,1-4H3,(H,18,19)/t11-,12+,14-/m1/s1. The molecule has 1 heterocycles. The van der Waals surface area contributed by atoms with Gasteiger partial charge in [-0.3, -0.25) is 9.89 Å². The van der Waals surface area contributed by atoms with Gasteiger partial charge in [-0.25, -0.2) is 0 Å². The van der Waals surface area contributed by atoms with Crippen molar-refractivity contribution in [2.45, 2.75) is 45.6 Å². The van der Waals surface area contributed by atoms with E-state index in [1.807, 2.05) is 11.9 Å². The maximum absolute atomic E-state index is 12.6. The Bertz CT molecular complexity index is 567. The predicted octanol–water partition coefficient (Wildman–Crippen LogP) is 2.88. The highest BCUT2D eigenvalue weighted by atomic mass is 16.2. The van der Waals surface area contributed by atoms with Gasteiger partial charge in [0.2, 0.25) is 5.91 Å². The lowest BCUT2D eigenvalue weighted by Crippen LogP contribution is -2.34. The Morgan fingerprint density at radius 3 is 2.67 bits per heavy atom. The molecule has 0 spiro atoms. The summed E-state index contributed by atoms with van der Waals surface area (Å²) in [6.45, 7) is 7.04. The number of H-pyrrole nitrogens is 1. The van der Waals surface area contributed by atoms with Crippen molar-refractivity contribution in [3.05, 3.63) is 29.6 Å². The number of carbonyl (C=O) groups excluding carboxylic acids is 1. The first-order valence-corrected chi connectivity index (χ1v) is 7.82. The molecule has 0 aliphatic heterocycles. The van der Waals surface area contributed by atoms with Crippen molar-refractivity contribution >= 4 is 5.91 Å². The Labute approximate surface area is 126 Å². The zero-order valence-corrected chi connectivity index (χ0v) is 13.4. The number of hydrogen-bond acceptors (Lipinski definition) is 2. The number of carbonyl (C=O) groups is 1. The van der Waals surface area contributed by atoms with E-state index in [0.717, 1.165) is 17.8 Å². The van der Waals surface area contributed by atoms with Gasteiger partial charge in [0.1, 0.15) is 0 Å². The Morgan fingerprint density at radius 1 is 1.38 bits per heavy atom. The summed E-state index contributed by atoms with van der Waals surface area (Å²) in [6.07, 6.45) is 6.71. The summed E-state index contributed by atoms with van der Waals surface area (Å²) < 4.78 is 0.